The zero-order chi connectivity index (χ0) is 16.2. The number of nitrogens with two attached hydrogens (primary N) is 1. The Hall–Kier alpha value is -0.810. The Bertz CT molecular complexity index is 363. The number of ether oxygens (including phenoxy) is 1. The van der Waals surface area contributed by atoms with Crippen LogP contribution in [0.2, 0.25) is 0 Å². The van der Waals surface area contributed by atoms with E-state index in [1.165, 1.54) is 19.3 Å². The molecule has 0 spiro atoms. The summed E-state index contributed by atoms with van der Waals surface area (Å²) in [4.78, 5) is 14.2. The Labute approximate surface area is 134 Å². The smallest absolute Gasteiger partial charge is 0.410 e. The van der Waals surface area contributed by atoms with Crippen molar-refractivity contribution in [1.29, 1.82) is 0 Å². The Balaban J connectivity index is 1.70. The number of nitrogens with one attached hydrogen (secondary N) is 1. The van der Waals surface area contributed by atoms with E-state index in [-0.39, 0.29) is 6.09 Å². The number of carbonyl (C=O) groups is 1. The van der Waals surface area contributed by atoms with Gasteiger partial charge in [-0.05, 0) is 71.9 Å². The highest BCUT2D eigenvalue weighted by atomic mass is 16.6. The van der Waals surface area contributed by atoms with Crippen LogP contribution in [0.5, 0.6) is 0 Å². The number of hydrogen-bond donors (Lipinski definition) is 2. The van der Waals surface area contributed by atoms with Crippen LogP contribution in [0.4, 0.5) is 4.79 Å². The second-order valence-electron chi connectivity index (χ2n) is 7.75. The molecule has 2 unspecified atom stereocenters. The molecule has 2 aliphatic carbocycles. The molecule has 2 fully saturated rings. The van der Waals surface area contributed by atoms with Gasteiger partial charge >= 0.3 is 6.09 Å². The molecule has 0 heterocycles. The molecule has 5 nitrogen and oxygen atoms in total. The summed E-state index contributed by atoms with van der Waals surface area (Å²) in [6, 6.07) is 0.971. The van der Waals surface area contributed by atoms with Crippen LogP contribution < -0.4 is 11.1 Å². The molecule has 0 aromatic rings. The number of carbonyl (C=O) groups excluding carboxylic acids is 1. The molecule has 128 valence electrons. The molecule has 0 aliphatic heterocycles. The molecule has 0 aromatic heterocycles. The highest BCUT2D eigenvalue weighted by Gasteiger charge is 2.34. The van der Waals surface area contributed by atoms with Crippen LogP contribution in [-0.4, -0.2) is 48.3 Å². The first-order chi connectivity index (χ1) is 10.4. The summed E-state index contributed by atoms with van der Waals surface area (Å²) in [6.45, 7) is 8.28. The van der Waals surface area contributed by atoms with E-state index < -0.39 is 5.60 Å². The van der Waals surface area contributed by atoms with E-state index in [0.717, 1.165) is 38.9 Å². The number of hydrogen-bond acceptors (Lipinski definition) is 4. The third-order valence-corrected chi connectivity index (χ3v) is 4.56. The van der Waals surface area contributed by atoms with E-state index in [9.17, 15) is 4.79 Å². The summed E-state index contributed by atoms with van der Waals surface area (Å²) in [5, 5.41) is 3.63. The van der Waals surface area contributed by atoms with Crippen LogP contribution in [0.3, 0.4) is 0 Å². The Morgan fingerprint density at radius 3 is 2.59 bits per heavy atom. The van der Waals surface area contributed by atoms with E-state index >= 15 is 0 Å². The fourth-order valence-corrected chi connectivity index (χ4v) is 3.25. The van der Waals surface area contributed by atoms with E-state index in [0.29, 0.717) is 18.0 Å². The topological polar surface area (TPSA) is 67.6 Å². The minimum absolute atomic E-state index is 0.157. The van der Waals surface area contributed by atoms with Crippen LogP contribution in [0.15, 0.2) is 0 Å². The first-order valence-corrected chi connectivity index (χ1v) is 8.84. The van der Waals surface area contributed by atoms with Crippen molar-refractivity contribution in [2.75, 3.05) is 19.6 Å². The maximum Gasteiger partial charge on any atom is 0.410 e. The molecular formula is C17H33N3O2. The molecule has 2 rings (SSSR count). The fraction of sp³-hybridized carbons (Fsp3) is 0.941. The van der Waals surface area contributed by atoms with Crippen molar-refractivity contribution in [3.05, 3.63) is 0 Å². The number of nitrogens with zero attached hydrogens (tertiary/aromatic N) is 1. The lowest BCUT2D eigenvalue weighted by atomic mass is 10.0. The standard InChI is InChI=1S/C17H33N3O2/c1-17(2,3)22-16(21)20(14-8-9-14)11-5-10-19-15-7-4-6-13(15)12-18/h13-15,19H,4-12,18H2,1-3H3. The Kier molecular flexibility index (Phi) is 6.09. The van der Waals surface area contributed by atoms with Gasteiger partial charge in [-0.2, -0.15) is 0 Å². The van der Waals surface area contributed by atoms with Crippen molar-refractivity contribution in [2.45, 2.75) is 77.0 Å². The van der Waals surface area contributed by atoms with Gasteiger partial charge in [0.15, 0.2) is 0 Å². The summed E-state index contributed by atoms with van der Waals surface area (Å²) < 4.78 is 5.52. The largest absolute Gasteiger partial charge is 0.444 e. The molecule has 1 amide bonds. The van der Waals surface area contributed by atoms with Crippen molar-refractivity contribution >= 4 is 6.09 Å². The summed E-state index contributed by atoms with van der Waals surface area (Å²) in [5.41, 5.74) is 5.40. The van der Waals surface area contributed by atoms with Crippen molar-refractivity contribution < 1.29 is 9.53 Å². The SMILES string of the molecule is CC(C)(C)OC(=O)N(CCCNC1CCCC1CN)C1CC1. The number of rotatable bonds is 7. The van der Waals surface area contributed by atoms with Crippen LogP contribution in [0.1, 0.15) is 59.3 Å². The predicted molar refractivity (Wildman–Crippen MR) is 88.8 cm³/mol. The van der Waals surface area contributed by atoms with Gasteiger partial charge < -0.3 is 20.7 Å². The molecule has 5 heteroatoms. The Morgan fingerprint density at radius 1 is 1.27 bits per heavy atom. The van der Waals surface area contributed by atoms with Crippen LogP contribution >= 0.6 is 0 Å². The average Bonchev–Trinajstić information content (AvgIpc) is 3.14. The maximum atomic E-state index is 12.3. The molecular weight excluding hydrogens is 278 g/mol. The molecule has 3 N–H and O–H groups in total. The second kappa shape index (κ2) is 7.64. The van der Waals surface area contributed by atoms with Gasteiger partial charge in [-0.15, -0.1) is 0 Å². The molecule has 0 saturated heterocycles. The molecule has 0 bridgehead atoms. The lowest BCUT2D eigenvalue weighted by Crippen LogP contribution is -2.41. The van der Waals surface area contributed by atoms with Crippen molar-refractivity contribution in [3.8, 4) is 0 Å². The maximum absolute atomic E-state index is 12.3. The first-order valence-electron chi connectivity index (χ1n) is 8.84. The van der Waals surface area contributed by atoms with Gasteiger partial charge in [-0.1, -0.05) is 6.42 Å². The average molecular weight is 311 g/mol. The van der Waals surface area contributed by atoms with E-state index in [2.05, 4.69) is 5.32 Å². The second-order valence-corrected chi connectivity index (χ2v) is 7.75. The number of amides is 1. The van der Waals surface area contributed by atoms with Crippen molar-refractivity contribution in [3.63, 3.8) is 0 Å². The molecule has 2 saturated carbocycles. The normalized spacial score (nSPS) is 25.3. The van der Waals surface area contributed by atoms with Gasteiger partial charge in [-0.25, -0.2) is 4.79 Å². The zero-order valence-electron chi connectivity index (χ0n) is 14.4. The quantitative estimate of drug-likeness (QED) is 0.709. The van der Waals surface area contributed by atoms with Gasteiger partial charge in [0.05, 0.1) is 0 Å². The van der Waals surface area contributed by atoms with Gasteiger partial charge in [-0.3, -0.25) is 0 Å². The fourth-order valence-electron chi connectivity index (χ4n) is 3.25. The van der Waals surface area contributed by atoms with E-state index in [1.54, 1.807) is 0 Å². The van der Waals surface area contributed by atoms with E-state index in [1.807, 2.05) is 25.7 Å². The molecule has 0 aromatic carbocycles. The van der Waals surface area contributed by atoms with Gasteiger partial charge in [0, 0.05) is 18.6 Å². The minimum Gasteiger partial charge on any atom is -0.444 e. The molecule has 2 atom stereocenters. The first kappa shape index (κ1) is 17.5. The van der Waals surface area contributed by atoms with Crippen LogP contribution in [0, 0.1) is 5.92 Å². The van der Waals surface area contributed by atoms with Gasteiger partial charge in [0.1, 0.15) is 5.60 Å². The summed E-state index contributed by atoms with van der Waals surface area (Å²) in [6.07, 6.45) is 6.82. The highest BCUT2D eigenvalue weighted by molar-refractivity contribution is 5.69. The van der Waals surface area contributed by atoms with Crippen LogP contribution in [0.25, 0.3) is 0 Å². The summed E-state index contributed by atoms with van der Waals surface area (Å²) in [5.74, 6) is 0.630. The lowest BCUT2D eigenvalue weighted by molar-refractivity contribution is 0.0231. The Morgan fingerprint density at radius 2 is 2.00 bits per heavy atom. The van der Waals surface area contributed by atoms with Crippen LogP contribution in [-0.2, 0) is 4.74 Å². The third kappa shape index (κ3) is 5.43. The summed E-state index contributed by atoms with van der Waals surface area (Å²) >= 11 is 0. The highest BCUT2D eigenvalue weighted by Crippen LogP contribution is 2.28. The molecule has 22 heavy (non-hydrogen) atoms. The molecule has 0 radical (unpaired) electrons. The van der Waals surface area contributed by atoms with Gasteiger partial charge in [0.2, 0.25) is 0 Å². The predicted octanol–water partition coefficient (Wildman–Crippen LogP) is 2.49. The van der Waals surface area contributed by atoms with Gasteiger partial charge in [0.25, 0.3) is 0 Å². The lowest BCUT2D eigenvalue weighted by Gasteiger charge is -2.28. The molecule has 2 aliphatic rings. The third-order valence-electron chi connectivity index (χ3n) is 4.56. The van der Waals surface area contributed by atoms with Crippen molar-refractivity contribution in [1.82, 2.24) is 10.2 Å². The van der Waals surface area contributed by atoms with E-state index in [4.69, 9.17) is 10.5 Å². The minimum atomic E-state index is -0.416. The monoisotopic (exact) mass is 311 g/mol. The van der Waals surface area contributed by atoms with Crippen molar-refractivity contribution in [2.24, 2.45) is 11.7 Å². The summed E-state index contributed by atoms with van der Waals surface area (Å²) in [7, 11) is 0. The zero-order valence-corrected chi connectivity index (χ0v) is 14.4.